The van der Waals surface area contributed by atoms with Gasteiger partial charge in [-0.1, -0.05) is 19.8 Å². The summed E-state index contributed by atoms with van der Waals surface area (Å²) in [4.78, 5) is 10.5. The molecule has 64 valence electrons. The summed E-state index contributed by atoms with van der Waals surface area (Å²) in [6.07, 6.45) is 4.43. The van der Waals surface area contributed by atoms with E-state index in [1.165, 1.54) is 12.8 Å². The smallest absolute Gasteiger partial charge is 0.150 e. The Morgan fingerprint density at radius 3 is 2.73 bits per heavy atom. The SMILES string of the molecule is CCCCC1CC1(Cl)C(C)=O. The molecular formula is C9H15ClO. The first-order chi connectivity index (χ1) is 5.11. The zero-order chi connectivity index (χ0) is 8.48. The van der Waals surface area contributed by atoms with Crippen LogP contribution in [0.25, 0.3) is 0 Å². The Morgan fingerprint density at radius 1 is 1.73 bits per heavy atom. The molecule has 0 radical (unpaired) electrons. The van der Waals surface area contributed by atoms with Crippen molar-refractivity contribution in [3.05, 3.63) is 0 Å². The number of hydrogen-bond acceptors (Lipinski definition) is 1. The topological polar surface area (TPSA) is 17.1 Å². The standard InChI is InChI=1S/C9H15ClO/c1-3-4-5-8-6-9(8,10)7(2)11/h8H,3-6H2,1-2H3. The number of unbranched alkanes of at least 4 members (excludes halogenated alkanes) is 1. The van der Waals surface area contributed by atoms with Crippen LogP contribution in [0.1, 0.15) is 39.5 Å². The third-order valence-corrected chi connectivity index (χ3v) is 3.25. The van der Waals surface area contributed by atoms with Crippen molar-refractivity contribution in [1.29, 1.82) is 0 Å². The van der Waals surface area contributed by atoms with Gasteiger partial charge in [-0.05, 0) is 25.7 Å². The van der Waals surface area contributed by atoms with Crippen molar-refractivity contribution in [1.82, 2.24) is 0 Å². The molecule has 0 aromatic rings. The van der Waals surface area contributed by atoms with Crippen LogP contribution in [0.2, 0.25) is 0 Å². The minimum atomic E-state index is -0.449. The summed E-state index contributed by atoms with van der Waals surface area (Å²) in [6, 6.07) is 0. The fourth-order valence-electron chi connectivity index (χ4n) is 1.51. The van der Waals surface area contributed by atoms with Gasteiger partial charge in [0.05, 0.1) is 0 Å². The number of Topliss-reactive ketones (excluding diaryl/α,β-unsaturated/α-hetero) is 1. The van der Waals surface area contributed by atoms with Crippen LogP contribution in [-0.4, -0.2) is 10.7 Å². The van der Waals surface area contributed by atoms with Gasteiger partial charge in [-0.3, -0.25) is 4.79 Å². The molecule has 0 heterocycles. The minimum absolute atomic E-state index is 0.153. The molecule has 1 aliphatic rings. The van der Waals surface area contributed by atoms with Gasteiger partial charge >= 0.3 is 0 Å². The molecule has 2 heteroatoms. The van der Waals surface area contributed by atoms with Gasteiger partial charge in [0.1, 0.15) is 4.87 Å². The quantitative estimate of drug-likeness (QED) is 0.599. The molecule has 11 heavy (non-hydrogen) atoms. The van der Waals surface area contributed by atoms with Crippen molar-refractivity contribution in [2.45, 2.75) is 44.4 Å². The Kier molecular flexibility index (Phi) is 2.58. The molecule has 1 aliphatic carbocycles. The highest BCUT2D eigenvalue weighted by molar-refractivity contribution is 6.37. The Labute approximate surface area is 73.1 Å². The van der Waals surface area contributed by atoms with Crippen molar-refractivity contribution in [3.63, 3.8) is 0 Å². The lowest BCUT2D eigenvalue weighted by atomic mass is 10.1. The average molecular weight is 175 g/mol. The van der Waals surface area contributed by atoms with Gasteiger partial charge in [-0.15, -0.1) is 11.6 Å². The molecule has 1 saturated carbocycles. The molecule has 0 aromatic carbocycles. The van der Waals surface area contributed by atoms with E-state index in [9.17, 15) is 4.79 Å². The van der Waals surface area contributed by atoms with Crippen LogP contribution in [0.3, 0.4) is 0 Å². The lowest BCUT2D eigenvalue weighted by Gasteiger charge is -2.02. The molecule has 2 unspecified atom stereocenters. The van der Waals surface area contributed by atoms with Gasteiger partial charge in [0.25, 0.3) is 0 Å². The normalized spacial score (nSPS) is 35.4. The van der Waals surface area contributed by atoms with Gasteiger partial charge in [0.2, 0.25) is 0 Å². The van der Waals surface area contributed by atoms with Gasteiger partial charge in [-0.2, -0.15) is 0 Å². The first-order valence-electron chi connectivity index (χ1n) is 4.31. The highest BCUT2D eigenvalue weighted by atomic mass is 35.5. The zero-order valence-electron chi connectivity index (χ0n) is 7.19. The second kappa shape index (κ2) is 3.14. The van der Waals surface area contributed by atoms with Gasteiger partial charge in [-0.25, -0.2) is 0 Å². The maximum absolute atomic E-state index is 11.0. The molecular weight excluding hydrogens is 160 g/mol. The molecule has 0 spiro atoms. The molecule has 1 rings (SSSR count). The Balaban J connectivity index is 2.29. The first-order valence-corrected chi connectivity index (χ1v) is 4.69. The van der Waals surface area contributed by atoms with Gasteiger partial charge in [0, 0.05) is 0 Å². The highest BCUT2D eigenvalue weighted by Gasteiger charge is 2.55. The minimum Gasteiger partial charge on any atom is -0.298 e. The molecule has 2 atom stereocenters. The molecule has 0 amide bonds. The number of hydrogen-bond donors (Lipinski definition) is 0. The summed E-state index contributed by atoms with van der Waals surface area (Å²) < 4.78 is 0. The van der Waals surface area contributed by atoms with E-state index >= 15 is 0 Å². The average Bonchev–Trinajstić information content (AvgIpc) is 2.59. The number of rotatable bonds is 4. The summed E-state index contributed by atoms with van der Waals surface area (Å²) in [5.41, 5.74) is 0. The number of halogens is 1. The van der Waals surface area contributed by atoms with Crippen molar-refractivity contribution in [2.75, 3.05) is 0 Å². The van der Waals surface area contributed by atoms with E-state index in [0.717, 1.165) is 12.8 Å². The molecule has 0 N–H and O–H groups in total. The van der Waals surface area contributed by atoms with Crippen LogP contribution in [0.15, 0.2) is 0 Å². The van der Waals surface area contributed by atoms with E-state index in [1.807, 2.05) is 0 Å². The summed E-state index contributed by atoms with van der Waals surface area (Å²) in [5.74, 6) is 0.627. The maximum Gasteiger partial charge on any atom is 0.150 e. The predicted octanol–water partition coefficient (Wildman–Crippen LogP) is 2.76. The number of carbonyl (C=O) groups excluding carboxylic acids is 1. The molecule has 0 saturated heterocycles. The Hall–Kier alpha value is -0.0400. The van der Waals surface area contributed by atoms with Crippen LogP contribution >= 0.6 is 11.6 Å². The third-order valence-electron chi connectivity index (χ3n) is 2.52. The van der Waals surface area contributed by atoms with Crippen LogP contribution in [0, 0.1) is 5.92 Å². The van der Waals surface area contributed by atoms with Crippen molar-refractivity contribution < 1.29 is 4.79 Å². The summed E-state index contributed by atoms with van der Waals surface area (Å²) in [5, 5.41) is 0. The Morgan fingerprint density at radius 2 is 2.36 bits per heavy atom. The molecule has 1 nitrogen and oxygen atoms in total. The fraction of sp³-hybridized carbons (Fsp3) is 0.889. The largest absolute Gasteiger partial charge is 0.298 e. The molecule has 0 aromatic heterocycles. The zero-order valence-corrected chi connectivity index (χ0v) is 7.95. The molecule has 0 bridgehead atoms. The van der Waals surface area contributed by atoms with E-state index < -0.39 is 4.87 Å². The van der Waals surface area contributed by atoms with Crippen LogP contribution < -0.4 is 0 Å². The first kappa shape index (κ1) is 9.05. The van der Waals surface area contributed by atoms with Crippen molar-refractivity contribution >= 4 is 17.4 Å². The Bertz CT molecular complexity index is 167. The van der Waals surface area contributed by atoms with Crippen LogP contribution in [-0.2, 0) is 4.79 Å². The van der Waals surface area contributed by atoms with E-state index in [2.05, 4.69) is 6.92 Å². The van der Waals surface area contributed by atoms with Crippen molar-refractivity contribution in [2.24, 2.45) is 5.92 Å². The lowest BCUT2D eigenvalue weighted by Crippen LogP contribution is -2.14. The monoisotopic (exact) mass is 174 g/mol. The van der Waals surface area contributed by atoms with E-state index in [1.54, 1.807) is 6.92 Å². The van der Waals surface area contributed by atoms with Gasteiger partial charge in [0.15, 0.2) is 5.78 Å². The van der Waals surface area contributed by atoms with Gasteiger partial charge < -0.3 is 0 Å². The number of ketones is 1. The summed E-state index contributed by atoms with van der Waals surface area (Å²) in [7, 11) is 0. The van der Waals surface area contributed by atoms with Crippen LogP contribution in [0.5, 0.6) is 0 Å². The fourth-order valence-corrected chi connectivity index (χ4v) is 1.81. The number of alkyl halides is 1. The lowest BCUT2D eigenvalue weighted by molar-refractivity contribution is -0.117. The second-order valence-electron chi connectivity index (χ2n) is 3.46. The number of carbonyl (C=O) groups is 1. The molecule has 0 aliphatic heterocycles. The summed E-state index contributed by atoms with van der Waals surface area (Å²) in [6.45, 7) is 3.75. The highest BCUT2D eigenvalue weighted by Crippen LogP contribution is 2.52. The van der Waals surface area contributed by atoms with E-state index in [4.69, 9.17) is 11.6 Å². The van der Waals surface area contributed by atoms with Crippen LogP contribution in [0.4, 0.5) is 0 Å². The second-order valence-corrected chi connectivity index (χ2v) is 4.14. The third kappa shape index (κ3) is 1.76. The summed E-state index contributed by atoms with van der Waals surface area (Å²) >= 11 is 6.03. The van der Waals surface area contributed by atoms with Crippen molar-refractivity contribution in [3.8, 4) is 0 Å². The molecule has 1 fully saturated rings. The van der Waals surface area contributed by atoms with E-state index in [-0.39, 0.29) is 5.78 Å². The van der Waals surface area contributed by atoms with E-state index in [0.29, 0.717) is 5.92 Å². The predicted molar refractivity (Wildman–Crippen MR) is 46.9 cm³/mol. The maximum atomic E-state index is 11.0.